The molecule has 1 unspecified atom stereocenters. The van der Waals surface area contributed by atoms with Crippen LogP contribution in [0.2, 0.25) is 5.02 Å². The average Bonchev–Trinajstić information content (AvgIpc) is 2.88. The van der Waals surface area contributed by atoms with Crippen LogP contribution < -0.4 is 5.32 Å². The maximum Gasteiger partial charge on any atom is 0.159 e. The number of carbonyl (C=O) groups excluding carboxylic acids is 1. The predicted molar refractivity (Wildman–Crippen MR) is 77.7 cm³/mol. The van der Waals surface area contributed by atoms with E-state index in [0.29, 0.717) is 12.0 Å². The van der Waals surface area contributed by atoms with Gasteiger partial charge >= 0.3 is 0 Å². The largest absolute Gasteiger partial charge is 0.375 e. The fourth-order valence-electron chi connectivity index (χ4n) is 2.49. The highest BCUT2D eigenvalue weighted by molar-refractivity contribution is 6.30. The van der Waals surface area contributed by atoms with Gasteiger partial charge < -0.3 is 5.32 Å². The lowest BCUT2D eigenvalue weighted by atomic mass is 10.0. The van der Waals surface area contributed by atoms with E-state index >= 15 is 0 Å². The van der Waals surface area contributed by atoms with Crippen molar-refractivity contribution in [3.05, 3.63) is 64.4 Å². The van der Waals surface area contributed by atoms with Crippen molar-refractivity contribution in [1.29, 1.82) is 0 Å². The van der Waals surface area contributed by atoms with Crippen LogP contribution in [-0.2, 0) is 17.6 Å². The zero-order valence-corrected chi connectivity index (χ0v) is 11.5. The molecule has 1 aliphatic heterocycles. The molecule has 0 aliphatic carbocycles. The molecule has 2 aromatic carbocycles. The molecule has 0 radical (unpaired) electrons. The maximum absolute atomic E-state index is 13.8. The molecule has 1 heterocycles. The monoisotopic (exact) mass is 289 g/mol. The van der Waals surface area contributed by atoms with E-state index in [9.17, 15) is 9.18 Å². The molecule has 1 N–H and O–H groups in total. The lowest BCUT2D eigenvalue weighted by Gasteiger charge is -2.11. The van der Waals surface area contributed by atoms with Crippen LogP contribution >= 0.6 is 11.6 Å². The number of hydrogen-bond acceptors (Lipinski definition) is 2. The van der Waals surface area contributed by atoms with Crippen molar-refractivity contribution in [2.24, 2.45) is 0 Å². The summed E-state index contributed by atoms with van der Waals surface area (Å²) in [7, 11) is 0. The van der Waals surface area contributed by atoms with Crippen LogP contribution in [0.1, 0.15) is 11.1 Å². The quantitative estimate of drug-likeness (QED) is 0.935. The molecular formula is C16H13ClFNO. The van der Waals surface area contributed by atoms with Crippen LogP contribution in [0.25, 0.3) is 0 Å². The summed E-state index contributed by atoms with van der Waals surface area (Å²) in [6, 6.07) is 12.3. The zero-order valence-electron chi connectivity index (χ0n) is 10.7. The number of fused-ring (bicyclic) bond motifs is 1. The number of carbonyl (C=O) groups is 1. The fourth-order valence-corrected chi connectivity index (χ4v) is 2.68. The Morgan fingerprint density at radius 1 is 1.25 bits per heavy atom. The normalized spacial score (nSPS) is 16.6. The first-order valence-corrected chi connectivity index (χ1v) is 6.83. The molecule has 0 saturated heterocycles. The van der Waals surface area contributed by atoms with E-state index in [1.807, 2.05) is 24.3 Å². The number of nitrogens with one attached hydrogen (secondary N) is 1. The number of benzene rings is 2. The Bertz CT molecular complexity index is 646. The van der Waals surface area contributed by atoms with Crippen LogP contribution in [0.15, 0.2) is 42.5 Å². The third-order valence-corrected chi connectivity index (χ3v) is 3.85. The lowest BCUT2D eigenvalue weighted by molar-refractivity contribution is -0.119. The minimum atomic E-state index is -0.502. The second kappa shape index (κ2) is 5.25. The van der Waals surface area contributed by atoms with Gasteiger partial charge in [-0.05, 0) is 23.3 Å². The summed E-state index contributed by atoms with van der Waals surface area (Å²) >= 11 is 5.73. The third kappa shape index (κ3) is 2.41. The fraction of sp³-hybridized carbons (Fsp3) is 0.188. The molecule has 0 amide bonds. The molecule has 0 saturated carbocycles. The molecule has 0 bridgehead atoms. The van der Waals surface area contributed by atoms with Crippen molar-refractivity contribution in [3.8, 4) is 0 Å². The Morgan fingerprint density at radius 3 is 2.85 bits per heavy atom. The standard InChI is InChI=1S/C16H13ClFNO/c17-12-6-3-5-11(16(12)18)9-15(20)14-8-10-4-1-2-7-13(10)19-14/h1-7,14,19H,8-9H2. The molecule has 3 rings (SSSR count). The first-order chi connectivity index (χ1) is 9.65. The van der Waals surface area contributed by atoms with Crippen LogP contribution in [0, 0.1) is 5.82 Å². The number of anilines is 1. The topological polar surface area (TPSA) is 29.1 Å². The van der Waals surface area contributed by atoms with E-state index in [1.54, 1.807) is 12.1 Å². The molecule has 102 valence electrons. The van der Waals surface area contributed by atoms with Gasteiger partial charge in [0.2, 0.25) is 0 Å². The highest BCUT2D eigenvalue weighted by atomic mass is 35.5. The minimum Gasteiger partial charge on any atom is -0.375 e. The summed E-state index contributed by atoms with van der Waals surface area (Å²) in [4.78, 5) is 12.3. The average molecular weight is 290 g/mol. The van der Waals surface area contributed by atoms with Crippen molar-refractivity contribution in [3.63, 3.8) is 0 Å². The summed E-state index contributed by atoms with van der Waals surface area (Å²) < 4.78 is 13.8. The van der Waals surface area contributed by atoms with Gasteiger partial charge in [0.25, 0.3) is 0 Å². The van der Waals surface area contributed by atoms with E-state index in [0.717, 1.165) is 11.3 Å². The second-order valence-corrected chi connectivity index (χ2v) is 5.32. The van der Waals surface area contributed by atoms with Gasteiger partial charge in [-0.2, -0.15) is 0 Å². The minimum absolute atomic E-state index is 0.0256. The third-order valence-electron chi connectivity index (χ3n) is 3.56. The van der Waals surface area contributed by atoms with Crippen LogP contribution in [0.3, 0.4) is 0 Å². The first-order valence-electron chi connectivity index (χ1n) is 6.45. The molecule has 2 aromatic rings. The number of hydrogen-bond donors (Lipinski definition) is 1. The van der Waals surface area contributed by atoms with Crippen molar-refractivity contribution in [2.75, 3.05) is 5.32 Å². The van der Waals surface area contributed by atoms with Gasteiger partial charge in [0.1, 0.15) is 5.82 Å². The van der Waals surface area contributed by atoms with Crippen LogP contribution in [0.5, 0.6) is 0 Å². The molecule has 1 aliphatic rings. The lowest BCUT2D eigenvalue weighted by Crippen LogP contribution is -2.28. The van der Waals surface area contributed by atoms with Crippen molar-refractivity contribution in [1.82, 2.24) is 0 Å². The van der Waals surface area contributed by atoms with E-state index in [4.69, 9.17) is 11.6 Å². The Kier molecular flexibility index (Phi) is 3.45. The first kappa shape index (κ1) is 13.1. The Hall–Kier alpha value is -1.87. The highest BCUT2D eigenvalue weighted by Gasteiger charge is 2.26. The SMILES string of the molecule is O=C(Cc1cccc(Cl)c1F)C1Cc2ccccc2N1. The maximum atomic E-state index is 13.8. The second-order valence-electron chi connectivity index (χ2n) is 4.91. The Morgan fingerprint density at radius 2 is 2.05 bits per heavy atom. The molecule has 0 spiro atoms. The zero-order chi connectivity index (χ0) is 14.1. The summed E-state index contributed by atoms with van der Waals surface area (Å²) in [6.07, 6.45) is 0.704. The number of halogens is 2. The number of rotatable bonds is 3. The van der Waals surface area contributed by atoms with Gasteiger partial charge in [-0.1, -0.05) is 41.9 Å². The molecule has 20 heavy (non-hydrogen) atoms. The van der Waals surface area contributed by atoms with E-state index < -0.39 is 5.82 Å². The summed E-state index contributed by atoms with van der Waals surface area (Å²) in [6.45, 7) is 0. The van der Waals surface area contributed by atoms with Crippen LogP contribution in [0.4, 0.5) is 10.1 Å². The van der Waals surface area contributed by atoms with Gasteiger partial charge in [-0.15, -0.1) is 0 Å². The Balaban J connectivity index is 1.74. The summed E-state index contributed by atoms with van der Waals surface area (Å²) in [5.41, 5.74) is 2.45. The van der Waals surface area contributed by atoms with Crippen molar-refractivity contribution < 1.29 is 9.18 Å². The summed E-state index contributed by atoms with van der Waals surface area (Å²) in [5, 5.41) is 3.24. The van der Waals surface area contributed by atoms with E-state index in [2.05, 4.69) is 5.32 Å². The van der Waals surface area contributed by atoms with Crippen molar-refractivity contribution >= 4 is 23.1 Å². The highest BCUT2D eigenvalue weighted by Crippen LogP contribution is 2.26. The van der Waals surface area contributed by atoms with Crippen molar-refractivity contribution in [2.45, 2.75) is 18.9 Å². The molecule has 0 aromatic heterocycles. The van der Waals surface area contributed by atoms with E-state index in [1.165, 1.54) is 6.07 Å². The smallest absolute Gasteiger partial charge is 0.159 e. The number of Topliss-reactive ketones (excluding diaryl/α,β-unsaturated/α-hetero) is 1. The number of para-hydroxylation sites is 1. The molecule has 4 heteroatoms. The van der Waals surface area contributed by atoms with Gasteiger partial charge in [0.05, 0.1) is 11.1 Å². The van der Waals surface area contributed by atoms with Gasteiger partial charge in [0.15, 0.2) is 5.78 Å². The van der Waals surface area contributed by atoms with Crippen LogP contribution in [-0.4, -0.2) is 11.8 Å². The Labute approximate surface area is 121 Å². The van der Waals surface area contributed by atoms with Gasteiger partial charge in [-0.3, -0.25) is 4.79 Å². The number of ketones is 1. The summed E-state index contributed by atoms with van der Waals surface area (Å²) in [5.74, 6) is -0.527. The molecule has 2 nitrogen and oxygen atoms in total. The van der Waals surface area contributed by atoms with E-state index in [-0.39, 0.29) is 23.3 Å². The molecule has 0 fully saturated rings. The molecule has 1 atom stereocenters. The van der Waals surface area contributed by atoms with Gasteiger partial charge in [0, 0.05) is 18.5 Å². The molecular weight excluding hydrogens is 277 g/mol. The predicted octanol–water partition coefficient (Wildman–Crippen LogP) is 3.63. The van der Waals surface area contributed by atoms with Gasteiger partial charge in [-0.25, -0.2) is 4.39 Å².